The summed E-state index contributed by atoms with van der Waals surface area (Å²) in [6, 6.07) is 0. The Bertz CT molecular complexity index is 620. The Hall–Kier alpha value is -2.20. The number of ether oxygens (including phenoxy) is 6. The van der Waals surface area contributed by atoms with E-state index < -0.39 is 54.6 Å². The number of rotatable bonds is 14. The average molecular weight is 461 g/mol. The van der Waals surface area contributed by atoms with Crippen molar-refractivity contribution in [2.45, 2.75) is 104 Å². The summed E-state index contributed by atoms with van der Waals surface area (Å²) in [7, 11) is 0. The molecule has 0 amide bonds. The summed E-state index contributed by atoms with van der Waals surface area (Å²) in [5.41, 5.74) is 0. The molecule has 0 unspecified atom stereocenters. The summed E-state index contributed by atoms with van der Waals surface area (Å²) in [4.78, 5) is 46.3. The van der Waals surface area contributed by atoms with Gasteiger partial charge in [0.25, 0.3) is 0 Å². The largest absolute Gasteiger partial charge is 0.462 e. The molecule has 0 aliphatic carbocycles. The van der Waals surface area contributed by atoms with Crippen molar-refractivity contribution in [3.63, 3.8) is 0 Å². The maximum atomic E-state index is 11.7. The molecule has 10 nitrogen and oxygen atoms in total. The van der Waals surface area contributed by atoms with E-state index in [4.69, 9.17) is 28.4 Å². The van der Waals surface area contributed by atoms with Crippen LogP contribution in [0.1, 0.15) is 73.1 Å². The summed E-state index contributed by atoms with van der Waals surface area (Å²) >= 11 is 0. The van der Waals surface area contributed by atoms with Crippen LogP contribution in [0.4, 0.5) is 0 Å². The van der Waals surface area contributed by atoms with Gasteiger partial charge in [0, 0.05) is 34.3 Å². The second-order valence-corrected chi connectivity index (χ2v) is 7.71. The molecular weight excluding hydrogens is 424 g/mol. The average Bonchev–Trinajstić information content (AvgIpc) is 3.00. The van der Waals surface area contributed by atoms with Crippen LogP contribution < -0.4 is 0 Å². The van der Waals surface area contributed by atoms with Crippen molar-refractivity contribution >= 4 is 23.9 Å². The molecule has 0 saturated carbocycles. The van der Waals surface area contributed by atoms with E-state index >= 15 is 0 Å². The topological polar surface area (TPSA) is 124 Å². The van der Waals surface area contributed by atoms with E-state index in [1.165, 1.54) is 34.1 Å². The van der Waals surface area contributed by atoms with Gasteiger partial charge in [-0.15, -0.1) is 0 Å². The van der Waals surface area contributed by atoms with Crippen LogP contribution in [0.5, 0.6) is 0 Å². The van der Waals surface area contributed by atoms with Gasteiger partial charge in [0.15, 0.2) is 24.6 Å². The highest BCUT2D eigenvalue weighted by molar-refractivity contribution is 5.68. The Labute approximate surface area is 189 Å². The van der Waals surface area contributed by atoms with Crippen LogP contribution in [0.3, 0.4) is 0 Å². The van der Waals surface area contributed by atoms with E-state index in [9.17, 15) is 19.2 Å². The highest BCUT2D eigenvalue weighted by Crippen LogP contribution is 2.31. The van der Waals surface area contributed by atoms with Gasteiger partial charge in [-0.3, -0.25) is 19.2 Å². The first-order chi connectivity index (χ1) is 15.1. The van der Waals surface area contributed by atoms with Crippen LogP contribution in [0, 0.1) is 0 Å². The lowest BCUT2D eigenvalue weighted by atomic mass is 10.1. The van der Waals surface area contributed by atoms with Gasteiger partial charge < -0.3 is 28.4 Å². The number of carbonyl (C=O) groups is 4. The zero-order chi connectivity index (χ0) is 24.1. The number of unbranched alkanes of at least 4 members (excludes halogenated alkanes) is 5. The van der Waals surface area contributed by atoms with Crippen LogP contribution in [0.15, 0.2) is 0 Å². The minimum atomic E-state index is -1.12. The van der Waals surface area contributed by atoms with Gasteiger partial charge >= 0.3 is 23.9 Å². The van der Waals surface area contributed by atoms with Crippen LogP contribution in [0.2, 0.25) is 0 Å². The second-order valence-electron chi connectivity index (χ2n) is 7.71. The molecule has 10 heteroatoms. The van der Waals surface area contributed by atoms with Gasteiger partial charge in [-0.2, -0.15) is 0 Å². The Morgan fingerprint density at radius 3 is 1.94 bits per heavy atom. The molecule has 0 aromatic heterocycles. The number of hydrogen-bond donors (Lipinski definition) is 0. The van der Waals surface area contributed by atoms with Crippen LogP contribution >= 0.6 is 0 Å². The smallest absolute Gasteiger partial charge is 0.303 e. The molecule has 0 N–H and O–H groups in total. The molecule has 0 bridgehead atoms. The minimum absolute atomic E-state index is 0.325. The maximum absolute atomic E-state index is 11.7. The number of carbonyl (C=O) groups excluding carboxylic acids is 4. The lowest BCUT2D eigenvalue weighted by Gasteiger charge is -2.27. The molecule has 32 heavy (non-hydrogen) atoms. The van der Waals surface area contributed by atoms with Gasteiger partial charge in [0.1, 0.15) is 12.7 Å². The summed E-state index contributed by atoms with van der Waals surface area (Å²) in [6.07, 6.45) is 0.947. The molecule has 0 spiro atoms. The van der Waals surface area contributed by atoms with Crippen molar-refractivity contribution in [3.05, 3.63) is 0 Å². The lowest BCUT2D eigenvalue weighted by molar-refractivity contribution is -0.199. The highest BCUT2D eigenvalue weighted by Gasteiger charge is 2.54. The van der Waals surface area contributed by atoms with Gasteiger partial charge in [-0.1, -0.05) is 39.0 Å². The van der Waals surface area contributed by atoms with E-state index in [0.29, 0.717) is 6.61 Å². The van der Waals surface area contributed by atoms with Crippen molar-refractivity contribution < 1.29 is 47.6 Å². The first kappa shape index (κ1) is 27.8. The van der Waals surface area contributed by atoms with E-state index in [0.717, 1.165) is 32.1 Å². The molecule has 184 valence electrons. The molecule has 0 aromatic rings. The minimum Gasteiger partial charge on any atom is -0.462 e. The Balaban J connectivity index is 2.94. The fraction of sp³-hybridized carbons (Fsp3) is 0.818. The molecule has 1 saturated heterocycles. The third kappa shape index (κ3) is 10.4. The molecule has 1 heterocycles. The fourth-order valence-electron chi connectivity index (χ4n) is 3.42. The van der Waals surface area contributed by atoms with Crippen LogP contribution in [0.25, 0.3) is 0 Å². The molecule has 1 rings (SSSR count). The zero-order valence-electron chi connectivity index (χ0n) is 19.6. The highest BCUT2D eigenvalue weighted by atomic mass is 16.7. The molecule has 1 fully saturated rings. The van der Waals surface area contributed by atoms with Gasteiger partial charge in [0.2, 0.25) is 0 Å². The van der Waals surface area contributed by atoms with E-state index in [-0.39, 0.29) is 6.61 Å². The van der Waals surface area contributed by atoms with Gasteiger partial charge in [-0.25, -0.2) is 0 Å². The normalized spacial score (nSPS) is 23.3. The fourth-order valence-corrected chi connectivity index (χ4v) is 3.42. The predicted octanol–water partition coefficient (Wildman–Crippen LogP) is 2.45. The van der Waals surface area contributed by atoms with Crippen LogP contribution in [-0.2, 0) is 47.6 Å². The summed E-state index contributed by atoms with van der Waals surface area (Å²) in [6.45, 7) is 6.97. The quantitative estimate of drug-likeness (QED) is 0.217. The number of esters is 4. The lowest BCUT2D eigenvalue weighted by Crippen LogP contribution is -2.46. The van der Waals surface area contributed by atoms with Crippen LogP contribution in [-0.4, -0.2) is 67.8 Å². The van der Waals surface area contributed by atoms with E-state index in [1.54, 1.807) is 0 Å². The molecule has 0 aromatic carbocycles. The first-order valence-corrected chi connectivity index (χ1v) is 11.1. The van der Waals surface area contributed by atoms with Gasteiger partial charge in [-0.05, 0) is 6.42 Å². The van der Waals surface area contributed by atoms with Crippen molar-refractivity contribution in [3.8, 4) is 0 Å². The molecule has 1 aliphatic rings. The maximum Gasteiger partial charge on any atom is 0.303 e. The molecular formula is C22H36O10. The molecule has 5 atom stereocenters. The summed E-state index contributed by atoms with van der Waals surface area (Å²) < 4.78 is 32.6. The second kappa shape index (κ2) is 14.8. The predicted molar refractivity (Wildman–Crippen MR) is 111 cm³/mol. The van der Waals surface area contributed by atoms with Gasteiger partial charge in [0.05, 0.1) is 0 Å². The summed E-state index contributed by atoms with van der Waals surface area (Å²) in [5.74, 6) is -2.50. The van der Waals surface area contributed by atoms with Crippen molar-refractivity contribution in [1.82, 2.24) is 0 Å². The third-order valence-electron chi connectivity index (χ3n) is 4.73. The Morgan fingerprint density at radius 2 is 1.38 bits per heavy atom. The Morgan fingerprint density at radius 1 is 0.781 bits per heavy atom. The monoisotopic (exact) mass is 460 g/mol. The van der Waals surface area contributed by atoms with Crippen molar-refractivity contribution in [1.29, 1.82) is 0 Å². The van der Waals surface area contributed by atoms with Crippen molar-refractivity contribution in [2.75, 3.05) is 13.2 Å². The van der Waals surface area contributed by atoms with Crippen molar-refractivity contribution in [2.24, 2.45) is 0 Å². The van der Waals surface area contributed by atoms with E-state index in [1.807, 2.05) is 0 Å². The third-order valence-corrected chi connectivity index (χ3v) is 4.73. The molecule has 0 radical (unpaired) electrons. The Kier molecular flexibility index (Phi) is 12.9. The number of hydrogen-bond acceptors (Lipinski definition) is 10. The first-order valence-electron chi connectivity index (χ1n) is 11.1. The SMILES string of the molecule is CCCCCCCCO[C@@H]1O[C@@H]([C@@H](COC(C)=O)OC(C)=O)[C@H](OC(C)=O)[C@H]1OC(C)=O. The summed E-state index contributed by atoms with van der Waals surface area (Å²) in [5, 5.41) is 0. The standard InChI is InChI=1S/C22H36O10/c1-6-7-8-9-10-11-12-27-22-21(31-17(5)26)20(30-16(4)25)19(32-22)18(29-15(3)24)13-28-14(2)23/h18-22H,6-13H2,1-5H3/t18-,19+,20+,21-,22-/m1/s1. The van der Waals surface area contributed by atoms with E-state index in [2.05, 4.69) is 6.92 Å². The zero-order valence-corrected chi connectivity index (χ0v) is 19.6. The molecule has 1 aliphatic heterocycles.